The number of carbonyl (C=O) groups is 1. The fraction of sp³-hybridized carbons (Fsp3) is 0.333. The van der Waals surface area contributed by atoms with E-state index in [1.54, 1.807) is 19.9 Å². The highest BCUT2D eigenvalue weighted by Gasteiger charge is 2.17. The number of rotatable bonds is 10. The van der Waals surface area contributed by atoms with Crippen molar-refractivity contribution in [1.29, 1.82) is 5.26 Å². The summed E-state index contributed by atoms with van der Waals surface area (Å²) in [5, 5.41) is 17.0. The molecule has 1 aromatic heterocycles. The summed E-state index contributed by atoms with van der Waals surface area (Å²) >= 11 is 0. The van der Waals surface area contributed by atoms with Gasteiger partial charge in [0, 0.05) is 31.5 Å². The number of hydrogen-bond donors (Lipinski definition) is 3. The predicted octanol–water partition coefficient (Wildman–Crippen LogP) is 4.74. The molecule has 0 atom stereocenters. The molecule has 0 unspecified atom stereocenters. The van der Waals surface area contributed by atoms with Gasteiger partial charge in [-0.05, 0) is 38.5 Å². The smallest absolute Gasteiger partial charge is 0.319 e. The molecule has 0 saturated heterocycles. The van der Waals surface area contributed by atoms with Crippen LogP contribution in [0.25, 0.3) is 10.9 Å². The first-order valence-corrected chi connectivity index (χ1v) is 10.8. The van der Waals surface area contributed by atoms with E-state index in [2.05, 4.69) is 32.0 Å². The van der Waals surface area contributed by atoms with E-state index in [1.165, 1.54) is 31.6 Å². The highest BCUT2D eigenvalue weighted by Crippen LogP contribution is 2.30. The predicted molar refractivity (Wildman–Crippen MR) is 128 cm³/mol. The van der Waals surface area contributed by atoms with Gasteiger partial charge in [0.15, 0.2) is 0 Å². The van der Waals surface area contributed by atoms with E-state index in [9.17, 15) is 13.6 Å². The van der Waals surface area contributed by atoms with E-state index >= 15 is 0 Å². The third-order valence-corrected chi connectivity index (χ3v) is 5.04. The second-order valence-corrected chi connectivity index (χ2v) is 8.31. The first-order chi connectivity index (χ1) is 16.7. The Morgan fingerprint density at radius 3 is 2.66 bits per heavy atom. The summed E-state index contributed by atoms with van der Waals surface area (Å²) in [5.41, 5.74) is -0.00659. The van der Waals surface area contributed by atoms with Crippen molar-refractivity contribution < 1.29 is 23.0 Å². The summed E-state index contributed by atoms with van der Waals surface area (Å²) in [7, 11) is 1.54. The van der Waals surface area contributed by atoms with E-state index in [1.807, 2.05) is 0 Å². The van der Waals surface area contributed by atoms with Gasteiger partial charge in [-0.25, -0.2) is 23.5 Å². The van der Waals surface area contributed by atoms with Crippen molar-refractivity contribution in [3.63, 3.8) is 0 Å². The minimum Gasteiger partial charge on any atom is -0.491 e. The number of hydrogen-bond acceptors (Lipinski definition) is 7. The van der Waals surface area contributed by atoms with Gasteiger partial charge in [0.2, 0.25) is 0 Å². The fourth-order valence-corrected chi connectivity index (χ4v) is 3.08. The van der Waals surface area contributed by atoms with Crippen molar-refractivity contribution in [2.75, 3.05) is 37.5 Å². The minimum atomic E-state index is -0.699. The number of nitrogens with zero attached hydrogens (tertiary/aromatic N) is 3. The number of halogens is 2. The summed E-state index contributed by atoms with van der Waals surface area (Å²) in [5.74, 6) is -0.857. The molecular formula is C24H26F2N6O3. The quantitative estimate of drug-likeness (QED) is 0.356. The molecule has 0 aliphatic carbocycles. The lowest BCUT2D eigenvalue weighted by Gasteiger charge is -2.15. The summed E-state index contributed by atoms with van der Waals surface area (Å²) in [6.45, 7) is 4.40. The van der Waals surface area contributed by atoms with Crippen molar-refractivity contribution >= 4 is 34.1 Å². The van der Waals surface area contributed by atoms with Gasteiger partial charge >= 0.3 is 6.03 Å². The highest BCUT2D eigenvalue weighted by molar-refractivity contribution is 5.92. The maximum absolute atomic E-state index is 14.8. The van der Waals surface area contributed by atoms with Crippen LogP contribution in [-0.4, -0.2) is 42.9 Å². The van der Waals surface area contributed by atoms with Gasteiger partial charge < -0.3 is 25.4 Å². The van der Waals surface area contributed by atoms with Crippen LogP contribution in [0.1, 0.15) is 20.3 Å². The SMILES string of the molecule is COCCOc1cc(F)c2c(Nc3ccc(NC(=O)NCCC(C)(C)C#N)c(F)c3)ncnc2c1. The number of nitriles is 1. The molecule has 35 heavy (non-hydrogen) atoms. The monoisotopic (exact) mass is 484 g/mol. The van der Waals surface area contributed by atoms with Crippen molar-refractivity contribution in [3.8, 4) is 11.8 Å². The van der Waals surface area contributed by atoms with Gasteiger partial charge in [0.05, 0.1) is 34.7 Å². The third-order valence-electron chi connectivity index (χ3n) is 5.04. The van der Waals surface area contributed by atoms with Crippen molar-refractivity contribution in [2.24, 2.45) is 5.41 Å². The molecule has 3 N–H and O–H groups in total. The Kier molecular flexibility index (Phi) is 8.33. The Labute approximate surface area is 201 Å². The highest BCUT2D eigenvalue weighted by atomic mass is 19.1. The van der Waals surface area contributed by atoms with Gasteiger partial charge in [-0.15, -0.1) is 0 Å². The first kappa shape index (κ1) is 25.6. The number of amides is 2. The molecule has 0 bridgehead atoms. The molecule has 0 aliphatic heterocycles. The molecule has 184 valence electrons. The number of ether oxygens (including phenoxy) is 2. The normalized spacial score (nSPS) is 11.1. The summed E-state index contributed by atoms with van der Waals surface area (Å²) < 4.78 is 39.8. The van der Waals surface area contributed by atoms with Crippen LogP contribution in [0.2, 0.25) is 0 Å². The van der Waals surface area contributed by atoms with Gasteiger partial charge in [-0.3, -0.25) is 0 Å². The number of aromatic nitrogens is 2. The van der Waals surface area contributed by atoms with Crippen molar-refractivity contribution in [3.05, 3.63) is 48.3 Å². The number of methoxy groups -OCH3 is 1. The first-order valence-electron chi connectivity index (χ1n) is 10.8. The van der Waals surface area contributed by atoms with Crippen LogP contribution >= 0.6 is 0 Å². The molecule has 3 rings (SSSR count). The molecule has 1 heterocycles. The second kappa shape index (κ2) is 11.4. The standard InChI is InChI=1S/C24H26F2N6O3/c1-24(2,13-27)6-7-28-23(33)32-19-5-4-15(10-17(19)25)31-22-21-18(26)11-16(35-9-8-34-3)12-20(21)29-14-30-22/h4-5,10-12,14H,6-9H2,1-3H3,(H2,28,32,33)(H,29,30,31). The van der Waals surface area contributed by atoms with E-state index in [4.69, 9.17) is 14.7 Å². The molecular weight excluding hydrogens is 458 g/mol. The summed E-state index contributed by atoms with van der Waals surface area (Å²) in [6, 6.07) is 8.39. The van der Waals surface area contributed by atoms with Gasteiger partial charge in [0.25, 0.3) is 0 Å². The van der Waals surface area contributed by atoms with Crippen molar-refractivity contribution in [1.82, 2.24) is 15.3 Å². The van der Waals surface area contributed by atoms with Crippen LogP contribution in [0, 0.1) is 28.4 Å². The van der Waals surface area contributed by atoms with Crippen LogP contribution in [-0.2, 0) is 4.74 Å². The van der Waals surface area contributed by atoms with Crippen LogP contribution in [0.3, 0.4) is 0 Å². The zero-order valence-electron chi connectivity index (χ0n) is 19.6. The Hall–Kier alpha value is -4.04. The number of benzene rings is 2. The molecule has 0 radical (unpaired) electrons. The zero-order chi connectivity index (χ0) is 25.4. The molecule has 2 aromatic carbocycles. The van der Waals surface area contributed by atoms with Gasteiger partial charge in [-0.1, -0.05) is 0 Å². The molecule has 11 heteroatoms. The summed E-state index contributed by atoms with van der Waals surface area (Å²) in [4.78, 5) is 20.2. The van der Waals surface area contributed by atoms with Gasteiger partial charge in [-0.2, -0.15) is 5.26 Å². The Morgan fingerprint density at radius 2 is 1.94 bits per heavy atom. The van der Waals surface area contributed by atoms with Crippen LogP contribution in [0.5, 0.6) is 5.75 Å². The number of urea groups is 1. The topological polar surface area (TPSA) is 121 Å². The number of nitrogens with one attached hydrogen (secondary N) is 3. The minimum absolute atomic E-state index is 0.0378. The number of anilines is 3. The maximum atomic E-state index is 14.8. The second-order valence-electron chi connectivity index (χ2n) is 8.31. The average molecular weight is 485 g/mol. The van der Waals surface area contributed by atoms with Gasteiger partial charge in [0.1, 0.15) is 36.1 Å². The lowest BCUT2D eigenvalue weighted by atomic mass is 9.92. The lowest BCUT2D eigenvalue weighted by Crippen LogP contribution is -2.31. The molecule has 0 fully saturated rings. The largest absolute Gasteiger partial charge is 0.491 e. The zero-order valence-corrected chi connectivity index (χ0v) is 19.6. The van der Waals surface area contributed by atoms with Crippen LogP contribution in [0.4, 0.5) is 30.8 Å². The van der Waals surface area contributed by atoms with E-state index < -0.39 is 23.1 Å². The van der Waals surface area contributed by atoms with E-state index in [0.717, 1.165) is 6.07 Å². The van der Waals surface area contributed by atoms with E-state index in [0.29, 0.717) is 30.0 Å². The molecule has 0 spiro atoms. The Morgan fingerprint density at radius 1 is 1.14 bits per heavy atom. The molecule has 9 nitrogen and oxygen atoms in total. The fourth-order valence-electron chi connectivity index (χ4n) is 3.08. The van der Waals surface area contributed by atoms with Crippen LogP contribution in [0.15, 0.2) is 36.7 Å². The Balaban J connectivity index is 1.69. The van der Waals surface area contributed by atoms with E-state index in [-0.39, 0.29) is 30.0 Å². The number of carbonyl (C=O) groups excluding carboxylic acids is 1. The average Bonchev–Trinajstić information content (AvgIpc) is 2.81. The Bertz CT molecular complexity index is 1250. The van der Waals surface area contributed by atoms with Crippen molar-refractivity contribution in [2.45, 2.75) is 20.3 Å². The molecule has 3 aromatic rings. The van der Waals surface area contributed by atoms with Crippen LogP contribution < -0.4 is 20.7 Å². The third kappa shape index (κ3) is 6.97. The number of fused-ring (bicyclic) bond motifs is 1. The molecule has 0 aliphatic rings. The lowest BCUT2D eigenvalue weighted by molar-refractivity contribution is 0.146. The summed E-state index contributed by atoms with van der Waals surface area (Å²) in [6.07, 6.45) is 1.71. The molecule has 0 saturated carbocycles. The molecule has 2 amide bonds. The maximum Gasteiger partial charge on any atom is 0.319 e.